The summed E-state index contributed by atoms with van der Waals surface area (Å²) in [5.41, 5.74) is 1.45. The summed E-state index contributed by atoms with van der Waals surface area (Å²) in [5, 5.41) is 0. The molecule has 1 aromatic rings. The van der Waals surface area contributed by atoms with Gasteiger partial charge in [0.2, 0.25) is 0 Å². The minimum atomic E-state index is 1.15. The van der Waals surface area contributed by atoms with Crippen LogP contribution in [0.2, 0.25) is 0 Å². The van der Waals surface area contributed by atoms with Crippen LogP contribution in [0.1, 0.15) is 18.9 Å². The zero-order valence-corrected chi connectivity index (χ0v) is 8.66. The molecule has 0 N–H and O–H groups in total. The summed E-state index contributed by atoms with van der Waals surface area (Å²) in [7, 11) is 2.17. The van der Waals surface area contributed by atoms with Gasteiger partial charge in [-0.15, -0.1) is 0 Å². The maximum Gasteiger partial charge on any atom is -0.00187 e. The highest BCUT2D eigenvalue weighted by atomic mass is 15.1. The first kappa shape index (κ1) is 10.3. The van der Waals surface area contributed by atoms with E-state index in [1.54, 1.807) is 0 Å². The topological polar surface area (TPSA) is 3.24 Å². The number of hydrogen-bond donors (Lipinski definition) is 0. The van der Waals surface area contributed by atoms with E-state index in [1.807, 2.05) is 0 Å². The summed E-state index contributed by atoms with van der Waals surface area (Å²) in [4.78, 5) is 2.35. The molecule has 72 valence electrons. The van der Waals surface area contributed by atoms with E-state index in [0.29, 0.717) is 0 Å². The molecule has 0 atom stereocenters. The summed E-state index contributed by atoms with van der Waals surface area (Å²) in [6, 6.07) is 10.7. The van der Waals surface area contributed by atoms with E-state index in [4.69, 9.17) is 0 Å². The van der Waals surface area contributed by atoms with Gasteiger partial charge in [-0.2, -0.15) is 0 Å². The molecule has 0 aliphatic heterocycles. The van der Waals surface area contributed by atoms with Gasteiger partial charge in [0.05, 0.1) is 0 Å². The molecule has 0 fully saturated rings. The summed E-state index contributed by atoms with van der Waals surface area (Å²) >= 11 is 0. The Hall–Kier alpha value is -0.820. The fourth-order valence-electron chi connectivity index (χ4n) is 1.36. The van der Waals surface area contributed by atoms with Crippen molar-refractivity contribution >= 4 is 0 Å². The first-order valence-electron chi connectivity index (χ1n) is 5.05. The Balaban J connectivity index is 2.20. The number of hydrogen-bond acceptors (Lipinski definition) is 1. The zero-order chi connectivity index (χ0) is 9.52. The van der Waals surface area contributed by atoms with Crippen LogP contribution in [0.3, 0.4) is 0 Å². The van der Waals surface area contributed by atoms with Gasteiger partial charge in [-0.05, 0) is 38.5 Å². The molecular weight excluding hydrogens is 158 g/mol. The van der Waals surface area contributed by atoms with Crippen molar-refractivity contribution in [2.45, 2.75) is 19.8 Å². The Morgan fingerprint density at radius 2 is 1.85 bits per heavy atom. The number of rotatable bonds is 5. The van der Waals surface area contributed by atoms with Gasteiger partial charge in [-0.1, -0.05) is 37.3 Å². The predicted molar refractivity (Wildman–Crippen MR) is 57.9 cm³/mol. The summed E-state index contributed by atoms with van der Waals surface area (Å²) in [6.45, 7) is 4.54. The van der Waals surface area contributed by atoms with E-state index < -0.39 is 0 Å². The Bertz CT molecular complexity index is 218. The molecule has 0 aliphatic rings. The molecule has 1 nitrogen and oxygen atoms in total. The highest BCUT2D eigenvalue weighted by molar-refractivity contribution is 5.14. The molecule has 1 aromatic carbocycles. The molecule has 0 unspecified atom stereocenters. The standard InChI is InChI=1S/C12H19N/c1-3-13(2)11-7-10-12-8-5-4-6-9-12/h4-6,8-9H,3,7,10-11H2,1-2H3. The van der Waals surface area contributed by atoms with Crippen molar-refractivity contribution in [3.05, 3.63) is 35.9 Å². The van der Waals surface area contributed by atoms with Gasteiger partial charge in [-0.3, -0.25) is 0 Å². The van der Waals surface area contributed by atoms with Crippen molar-refractivity contribution in [1.82, 2.24) is 4.90 Å². The van der Waals surface area contributed by atoms with Crippen LogP contribution < -0.4 is 0 Å². The fourth-order valence-corrected chi connectivity index (χ4v) is 1.36. The Kier molecular flexibility index (Phi) is 4.55. The predicted octanol–water partition coefficient (Wildman–Crippen LogP) is 2.57. The van der Waals surface area contributed by atoms with Gasteiger partial charge in [0.1, 0.15) is 0 Å². The van der Waals surface area contributed by atoms with Gasteiger partial charge < -0.3 is 4.90 Å². The highest BCUT2D eigenvalue weighted by Gasteiger charge is 1.95. The van der Waals surface area contributed by atoms with Crippen LogP contribution in [0, 0.1) is 0 Å². The average molecular weight is 177 g/mol. The molecule has 13 heavy (non-hydrogen) atoms. The lowest BCUT2D eigenvalue weighted by Gasteiger charge is -2.12. The van der Waals surface area contributed by atoms with Crippen LogP contribution in [-0.4, -0.2) is 25.0 Å². The lowest BCUT2D eigenvalue weighted by Crippen LogP contribution is -2.19. The van der Waals surface area contributed by atoms with Crippen molar-refractivity contribution in [2.24, 2.45) is 0 Å². The largest absolute Gasteiger partial charge is 0.307 e. The smallest absolute Gasteiger partial charge is 0.00187 e. The Labute approximate surface area is 81.4 Å². The summed E-state index contributed by atoms with van der Waals surface area (Å²) in [5.74, 6) is 0. The van der Waals surface area contributed by atoms with E-state index in [1.165, 1.54) is 24.9 Å². The second kappa shape index (κ2) is 5.76. The zero-order valence-electron chi connectivity index (χ0n) is 8.66. The van der Waals surface area contributed by atoms with Crippen molar-refractivity contribution in [3.8, 4) is 0 Å². The maximum atomic E-state index is 2.35. The van der Waals surface area contributed by atoms with Gasteiger partial charge in [-0.25, -0.2) is 0 Å². The average Bonchev–Trinajstić information content (AvgIpc) is 2.19. The van der Waals surface area contributed by atoms with Crippen LogP contribution >= 0.6 is 0 Å². The van der Waals surface area contributed by atoms with E-state index >= 15 is 0 Å². The van der Waals surface area contributed by atoms with Crippen molar-refractivity contribution in [3.63, 3.8) is 0 Å². The SMILES string of the molecule is CCN(C)CCCc1ccccc1. The monoisotopic (exact) mass is 177 g/mol. The van der Waals surface area contributed by atoms with Gasteiger partial charge in [0.15, 0.2) is 0 Å². The molecule has 0 heterocycles. The molecule has 0 aromatic heterocycles. The van der Waals surface area contributed by atoms with Gasteiger partial charge in [0, 0.05) is 0 Å². The fraction of sp³-hybridized carbons (Fsp3) is 0.500. The number of benzene rings is 1. The van der Waals surface area contributed by atoms with Crippen molar-refractivity contribution in [1.29, 1.82) is 0 Å². The van der Waals surface area contributed by atoms with Gasteiger partial charge >= 0.3 is 0 Å². The first-order chi connectivity index (χ1) is 6.33. The van der Waals surface area contributed by atoms with Crippen LogP contribution in [0.4, 0.5) is 0 Å². The molecule has 0 amide bonds. The van der Waals surface area contributed by atoms with Crippen LogP contribution in [0.25, 0.3) is 0 Å². The van der Waals surface area contributed by atoms with Crippen LogP contribution in [0.15, 0.2) is 30.3 Å². The third-order valence-corrected chi connectivity index (χ3v) is 2.39. The quantitative estimate of drug-likeness (QED) is 0.668. The third kappa shape index (κ3) is 4.09. The lowest BCUT2D eigenvalue weighted by atomic mass is 10.1. The first-order valence-corrected chi connectivity index (χ1v) is 5.05. The molecular formula is C12H19N. The van der Waals surface area contributed by atoms with E-state index in [0.717, 1.165) is 6.54 Å². The van der Waals surface area contributed by atoms with Crippen molar-refractivity contribution < 1.29 is 0 Å². The van der Waals surface area contributed by atoms with Crippen molar-refractivity contribution in [2.75, 3.05) is 20.1 Å². The van der Waals surface area contributed by atoms with Crippen LogP contribution in [-0.2, 0) is 6.42 Å². The van der Waals surface area contributed by atoms with Gasteiger partial charge in [0.25, 0.3) is 0 Å². The Morgan fingerprint density at radius 3 is 2.46 bits per heavy atom. The van der Waals surface area contributed by atoms with E-state index in [9.17, 15) is 0 Å². The second-order valence-corrected chi connectivity index (χ2v) is 3.49. The third-order valence-electron chi connectivity index (χ3n) is 2.39. The minimum absolute atomic E-state index is 1.15. The number of aryl methyl sites for hydroxylation is 1. The molecule has 1 heteroatoms. The molecule has 0 bridgehead atoms. The highest BCUT2D eigenvalue weighted by Crippen LogP contribution is 2.02. The summed E-state index contributed by atoms with van der Waals surface area (Å²) in [6.07, 6.45) is 2.46. The second-order valence-electron chi connectivity index (χ2n) is 3.49. The molecule has 0 spiro atoms. The van der Waals surface area contributed by atoms with E-state index in [-0.39, 0.29) is 0 Å². The molecule has 0 radical (unpaired) electrons. The molecule has 0 saturated carbocycles. The minimum Gasteiger partial charge on any atom is -0.307 e. The maximum absolute atomic E-state index is 2.35. The lowest BCUT2D eigenvalue weighted by molar-refractivity contribution is 0.347. The van der Waals surface area contributed by atoms with E-state index in [2.05, 4.69) is 49.2 Å². The molecule has 0 aliphatic carbocycles. The molecule has 0 saturated heterocycles. The summed E-state index contributed by atoms with van der Waals surface area (Å²) < 4.78 is 0. The Morgan fingerprint density at radius 1 is 1.15 bits per heavy atom. The van der Waals surface area contributed by atoms with Crippen LogP contribution in [0.5, 0.6) is 0 Å². The number of nitrogens with zero attached hydrogens (tertiary/aromatic N) is 1. The molecule has 1 rings (SSSR count). The normalized spacial score (nSPS) is 10.7.